The molecule has 0 aromatic rings. The van der Waals surface area contributed by atoms with Gasteiger partial charge in [-0.05, 0) is 0 Å². The number of hydrogen-bond donors (Lipinski definition) is 2. The van der Waals surface area contributed by atoms with E-state index in [0.717, 1.165) is 13.1 Å². The van der Waals surface area contributed by atoms with E-state index in [2.05, 4.69) is 22.8 Å². The Morgan fingerprint density at radius 3 is 1.27 bits per heavy atom. The maximum absolute atomic E-state index is 9.72. The lowest BCUT2D eigenvalue weighted by molar-refractivity contribution is 0.452. The summed E-state index contributed by atoms with van der Waals surface area (Å²) >= 11 is 0. The largest absolute Gasteiger partial charge is 0.748 e. The van der Waals surface area contributed by atoms with Crippen molar-refractivity contribution in [2.24, 2.45) is 0 Å². The van der Waals surface area contributed by atoms with Crippen molar-refractivity contribution in [3.8, 4) is 0 Å². The molecule has 2 aliphatic heterocycles. The first-order chi connectivity index (χ1) is 10.2. The minimum Gasteiger partial charge on any atom is -0.748 e. The fourth-order valence-corrected chi connectivity index (χ4v) is 2.56. The second-order valence-corrected chi connectivity index (χ2v) is 6.80. The Hall–Kier alpha value is -1.80. The average Bonchev–Trinajstić information content (AvgIpc) is 2.49. The van der Waals surface area contributed by atoms with Gasteiger partial charge in [0.2, 0.25) is 0 Å². The first-order valence-electron chi connectivity index (χ1n) is 6.00. The molecule has 0 fully saturated rings. The summed E-state index contributed by atoms with van der Waals surface area (Å²) in [6.45, 7) is 1.85. The molecule has 0 saturated carbocycles. The van der Waals surface area contributed by atoms with Crippen molar-refractivity contribution in [2.75, 3.05) is 24.6 Å². The van der Waals surface area contributed by atoms with E-state index in [1.165, 1.54) is 0 Å². The van der Waals surface area contributed by atoms with Gasteiger partial charge < -0.3 is 19.7 Å². The third-order valence-corrected chi connectivity index (χ3v) is 3.52. The van der Waals surface area contributed by atoms with E-state index in [1.54, 1.807) is 0 Å². The number of nitrogens with one attached hydrogen (secondary N) is 2. The quantitative estimate of drug-likeness (QED) is 0.489. The van der Waals surface area contributed by atoms with Gasteiger partial charge in [-0.1, -0.05) is 0 Å². The molecule has 0 atom stereocenters. The third kappa shape index (κ3) is 18.2. The van der Waals surface area contributed by atoms with Gasteiger partial charge in [0.25, 0.3) is 0 Å². The fourth-order valence-electron chi connectivity index (χ4n) is 0.926. The van der Waals surface area contributed by atoms with E-state index in [0.29, 0.717) is 0 Å². The standard InChI is InChI=1S/2C5H6N.C2H6O6S2/c2*1-2-4-6-5-3-1;3-9(4,5)1-2-10(6,7)8/h2*2-4,6H,5H2;1-2H2,(H,3,4,5)(H,6,7,8)/q2*+1;/p-2. The van der Waals surface area contributed by atoms with Crippen molar-refractivity contribution in [1.82, 2.24) is 10.6 Å². The molecule has 0 radical (unpaired) electrons. The highest BCUT2D eigenvalue weighted by atomic mass is 32.2. The molecule has 0 amide bonds. The zero-order chi connectivity index (χ0) is 16.9. The van der Waals surface area contributed by atoms with Crippen molar-refractivity contribution >= 4 is 20.2 Å². The molecule has 2 aliphatic rings. The van der Waals surface area contributed by atoms with Crippen LogP contribution in [0.3, 0.4) is 0 Å². The second-order valence-electron chi connectivity index (χ2n) is 3.75. The Bertz CT molecular complexity index is 538. The second kappa shape index (κ2) is 10.9. The van der Waals surface area contributed by atoms with Gasteiger partial charge in [0.15, 0.2) is 12.2 Å². The molecule has 122 valence electrons. The van der Waals surface area contributed by atoms with Crippen LogP contribution in [0.2, 0.25) is 0 Å². The highest BCUT2D eigenvalue weighted by Crippen LogP contribution is 1.86. The van der Waals surface area contributed by atoms with Gasteiger partial charge in [-0.15, -0.1) is 0 Å². The smallest absolute Gasteiger partial charge is 0.176 e. The summed E-state index contributed by atoms with van der Waals surface area (Å²) in [5.74, 6) is -2.31. The molecule has 0 unspecified atom stereocenters. The molecule has 8 nitrogen and oxygen atoms in total. The van der Waals surface area contributed by atoms with Gasteiger partial charge in [-0.25, -0.2) is 16.8 Å². The van der Waals surface area contributed by atoms with Gasteiger partial charge in [0.05, 0.1) is 69.1 Å². The SMILES string of the molecule is O=S(=O)([O-])CCS(=O)(=O)[O-].[C+]1=CCNC=C1.[C+]1=CCNC=C1. The van der Waals surface area contributed by atoms with Gasteiger partial charge in [-0.2, -0.15) is 0 Å². The lowest BCUT2D eigenvalue weighted by Crippen LogP contribution is -2.15. The monoisotopic (exact) mass is 348 g/mol. The van der Waals surface area contributed by atoms with Crippen molar-refractivity contribution in [3.05, 3.63) is 48.9 Å². The van der Waals surface area contributed by atoms with Gasteiger partial charge in [-0.3, -0.25) is 0 Å². The van der Waals surface area contributed by atoms with Crippen LogP contribution >= 0.6 is 0 Å². The van der Waals surface area contributed by atoms with Gasteiger partial charge in [0.1, 0.15) is 12.4 Å². The molecule has 0 spiro atoms. The first-order valence-corrected chi connectivity index (χ1v) is 9.15. The van der Waals surface area contributed by atoms with Crippen LogP contribution in [0.15, 0.2) is 36.7 Å². The minimum absolute atomic E-state index is 0.927. The van der Waals surface area contributed by atoms with Crippen LogP contribution in [0.1, 0.15) is 0 Å². The highest BCUT2D eigenvalue weighted by molar-refractivity contribution is 7.89. The topological polar surface area (TPSA) is 138 Å². The summed E-state index contributed by atoms with van der Waals surface area (Å²) in [6.07, 6.45) is 17.2. The van der Waals surface area contributed by atoms with E-state index in [9.17, 15) is 25.9 Å². The van der Waals surface area contributed by atoms with Crippen LogP contribution in [0.25, 0.3) is 0 Å². The summed E-state index contributed by atoms with van der Waals surface area (Å²) in [4.78, 5) is 0. The van der Waals surface area contributed by atoms with Crippen LogP contribution < -0.4 is 10.6 Å². The highest BCUT2D eigenvalue weighted by Gasteiger charge is 1.99. The molecule has 0 aromatic carbocycles. The maximum atomic E-state index is 9.72. The van der Waals surface area contributed by atoms with E-state index >= 15 is 0 Å². The number of allylic oxidation sites excluding steroid dienone is 4. The molecule has 0 saturated heterocycles. The molecule has 22 heavy (non-hydrogen) atoms. The van der Waals surface area contributed by atoms with Crippen LogP contribution in [0, 0.1) is 12.2 Å². The Kier molecular flexibility index (Phi) is 9.97. The third-order valence-electron chi connectivity index (χ3n) is 1.85. The average molecular weight is 348 g/mol. The molecule has 2 N–H and O–H groups in total. The van der Waals surface area contributed by atoms with Crippen LogP contribution in [-0.4, -0.2) is 50.5 Å². The molecular formula is C12H16N2O6S2. The molecule has 0 bridgehead atoms. The number of dihydropyridines is 2. The molecule has 0 aromatic heterocycles. The van der Waals surface area contributed by atoms with E-state index in [-0.39, 0.29) is 0 Å². The van der Waals surface area contributed by atoms with E-state index in [4.69, 9.17) is 0 Å². The van der Waals surface area contributed by atoms with Crippen molar-refractivity contribution in [2.45, 2.75) is 0 Å². The first kappa shape index (κ1) is 20.2. The van der Waals surface area contributed by atoms with Crippen LogP contribution in [0.5, 0.6) is 0 Å². The fraction of sp³-hybridized carbons (Fsp3) is 0.333. The van der Waals surface area contributed by atoms with Crippen LogP contribution in [-0.2, 0) is 20.2 Å². The Morgan fingerprint density at radius 1 is 0.818 bits per heavy atom. The molecule has 2 rings (SSSR count). The molecule has 2 heterocycles. The predicted molar refractivity (Wildman–Crippen MR) is 79.0 cm³/mol. The minimum atomic E-state index is -4.59. The van der Waals surface area contributed by atoms with Crippen molar-refractivity contribution in [1.29, 1.82) is 0 Å². The zero-order valence-electron chi connectivity index (χ0n) is 11.6. The summed E-state index contributed by atoms with van der Waals surface area (Å²) in [6, 6.07) is 0. The van der Waals surface area contributed by atoms with E-state index < -0.39 is 31.7 Å². The maximum Gasteiger partial charge on any atom is 0.176 e. The Balaban J connectivity index is 0.000000315. The summed E-state index contributed by atoms with van der Waals surface area (Å²) in [5, 5.41) is 5.97. The van der Waals surface area contributed by atoms with Crippen LogP contribution in [0.4, 0.5) is 0 Å². The predicted octanol–water partition coefficient (Wildman–Crippen LogP) is -0.998. The Morgan fingerprint density at radius 2 is 1.18 bits per heavy atom. The zero-order valence-corrected chi connectivity index (χ0v) is 13.2. The molecular weight excluding hydrogens is 332 g/mol. The van der Waals surface area contributed by atoms with Gasteiger partial charge >= 0.3 is 0 Å². The number of hydrogen-bond acceptors (Lipinski definition) is 8. The lowest BCUT2D eigenvalue weighted by atomic mass is 10.4. The molecule has 0 aliphatic carbocycles. The van der Waals surface area contributed by atoms with Crippen molar-refractivity contribution < 1.29 is 25.9 Å². The van der Waals surface area contributed by atoms with Gasteiger partial charge in [0, 0.05) is 0 Å². The Labute approximate surface area is 130 Å². The normalized spacial score (nSPS) is 14.8. The van der Waals surface area contributed by atoms with Crippen molar-refractivity contribution in [3.63, 3.8) is 0 Å². The summed E-state index contributed by atoms with van der Waals surface area (Å²) in [7, 11) is -9.17. The summed E-state index contributed by atoms with van der Waals surface area (Å²) < 4.78 is 58.3. The van der Waals surface area contributed by atoms with E-state index in [1.807, 2.05) is 36.7 Å². The molecule has 10 heteroatoms. The lowest BCUT2D eigenvalue weighted by Gasteiger charge is -2.08. The summed E-state index contributed by atoms with van der Waals surface area (Å²) in [5.41, 5.74) is 0. The number of rotatable bonds is 3.